The number of fused-ring (bicyclic) bond motifs is 1. The molecule has 0 aromatic heterocycles. The Morgan fingerprint density at radius 2 is 1.67 bits per heavy atom. The summed E-state index contributed by atoms with van der Waals surface area (Å²) < 4.78 is 10.7. The molecule has 5 nitrogen and oxygen atoms in total. The molecule has 6 heteroatoms. The van der Waals surface area contributed by atoms with Crippen molar-refractivity contribution in [2.24, 2.45) is 5.92 Å². The first kappa shape index (κ1) is 22.4. The Labute approximate surface area is 185 Å². The molecule has 0 radical (unpaired) electrons. The number of hydrogen-bond acceptors (Lipinski definition) is 4. The number of piperidine rings is 1. The second kappa shape index (κ2) is 10.2. The zero-order valence-electron chi connectivity index (χ0n) is 17.8. The van der Waals surface area contributed by atoms with Gasteiger partial charge in [0.05, 0.1) is 14.2 Å². The number of halogens is 1. The summed E-state index contributed by atoms with van der Waals surface area (Å²) in [5.74, 6) is 2.11. The summed E-state index contributed by atoms with van der Waals surface area (Å²) in [6.07, 6.45) is 3.50. The Hall–Kier alpha value is -2.24. The Morgan fingerprint density at radius 3 is 2.33 bits per heavy atom. The van der Waals surface area contributed by atoms with Crippen LogP contribution in [0, 0.1) is 5.92 Å². The molecule has 30 heavy (non-hydrogen) atoms. The normalized spacial score (nSPS) is 16.9. The van der Waals surface area contributed by atoms with E-state index < -0.39 is 0 Å². The first-order valence-electron chi connectivity index (χ1n) is 10.5. The van der Waals surface area contributed by atoms with E-state index in [2.05, 4.69) is 35.2 Å². The maximum atomic E-state index is 12.8. The highest BCUT2D eigenvalue weighted by atomic mass is 35.5. The zero-order valence-corrected chi connectivity index (χ0v) is 18.6. The van der Waals surface area contributed by atoms with Gasteiger partial charge in [0.1, 0.15) is 0 Å². The van der Waals surface area contributed by atoms with E-state index in [-0.39, 0.29) is 18.3 Å². The summed E-state index contributed by atoms with van der Waals surface area (Å²) in [5, 5.41) is 0. The van der Waals surface area contributed by atoms with Crippen molar-refractivity contribution in [1.29, 1.82) is 0 Å². The molecule has 4 rings (SSSR count). The molecule has 2 aromatic rings. The number of methoxy groups -OCH3 is 2. The quantitative estimate of drug-likeness (QED) is 0.653. The van der Waals surface area contributed by atoms with Gasteiger partial charge in [-0.05, 0) is 61.5 Å². The number of carbonyl (C=O) groups is 1. The van der Waals surface area contributed by atoms with Crippen molar-refractivity contribution in [1.82, 2.24) is 9.80 Å². The van der Waals surface area contributed by atoms with Crippen LogP contribution in [0.25, 0.3) is 0 Å². The average Bonchev–Trinajstić information content (AvgIpc) is 3.07. The summed E-state index contributed by atoms with van der Waals surface area (Å²) in [5.41, 5.74) is 3.17. The lowest BCUT2D eigenvalue weighted by Crippen LogP contribution is -2.35. The Balaban J connectivity index is 0.00000256. The standard InChI is InChI=1S/C24H30N2O3.ClH/c1-28-22-14-20-17-26(24(27)21(20)15-23(22)29-2)13-10-18-8-11-25(12-9-18)16-19-6-4-3-5-7-19;/h3-7,14-15,18H,8-13,16-17H2,1-2H3;1H. The maximum Gasteiger partial charge on any atom is 0.254 e. The number of hydrogen-bond donors (Lipinski definition) is 0. The van der Waals surface area contributed by atoms with Gasteiger partial charge in [0.2, 0.25) is 0 Å². The van der Waals surface area contributed by atoms with E-state index in [4.69, 9.17) is 9.47 Å². The van der Waals surface area contributed by atoms with Gasteiger partial charge in [0.25, 0.3) is 5.91 Å². The smallest absolute Gasteiger partial charge is 0.254 e. The molecule has 2 aromatic carbocycles. The van der Waals surface area contributed by atoms with Crippen LogP contribution >= 0.6 is 12.4 Å². The molecule has 0 aliphatic carbocycles. The van der Waals surface area contributed by atoms with Crippen LogP contribution in [0.3, 0.4) is 0 Å². The third-order valence-electron chi connectivity index (χ3n) is 6.25. The van der Waals surface area contributed by atoms with Crippen LogP contribution in [0.15, 0.2) is 42.5 Å². The molecule has 0 atom stereocenters. The minimum atomic E-state index is 0. The minimum Gasteiger partial charge on any atom is -0.493 e. The van der Waals surface area contributed by atoms with Crippen LogP contribution in [0.4, 0.5) is 0 Å². The van der Waals surface area contributed by atoms with Crippen LogP contribution < -0.4 is 9.47 Å². The fraction of sp³-hybridized carbons (Fsp3) is 0.458. The number of ether oxygens (including phenoxy) is 2. The van der Waals surface area contributed by atoms with E-state index in [0.717, 1.165) is 43.7 Å². The summed E-state index contributed by atoms with van der Waals surface area (Å²) >= 11 is 0. The molecule has 2 heterocycles. The summed E-state index contributed by atoms with van der Waals surface area (Å²) in [6.45, 7) is 4.81. The van der Waals surface area contributed by atoms with Crippen LogP contribution in [-0.2, 0) is 13.1 Å². The molecule has 0 unspecified atom stereocenters. The number of carbonyl (C=O) groups excluding carboxylic acids is 1. The predicted molar refractivity (Wildman–Crippen MR) is 121 cm³/mol. The number of rotatable bonds is 7. The van der Waals surface area contributed by atoms with E-state index in [1.165, 1.54) is 18.4 Å². The molecule has 162 valence electrons. The fourth-order valence-electron chi connectivity index (χ4n) is 4.49. The molecule has 0 bridgehead atoms. The first-order chi connectivity index (χ1) is 14.2. The van der Waals surface area contributed by atoms with Gasteiger partial charge in [-0.2, -0.15) is 0 Å². The minimum absolute atomic E-state index is 0. The fourth-order valence-corrected chi connectivity index (χ4v) is 4.49. The van der Waals surface area contributed by atoms with Gasteiger partial charge < -0.3 is 14.4 Å². The molecule has 2 aliphatic heterocycles. The van der Waals surface area contributed by atoms with Crippen LogP contribution in [-0.4, -0.2) is 49.6 Å². The van der Waals surface area contributed by atoms with Gasteiger partial charge in [0, 0.05) is 25.2 Å². The largest absolute Gasteiger partial charge is 0.493 e. The highest BCUT2D eigenvalue weighted by Gasteiger charge is 2.30. The van der Waals surface area contributed by atoms with Gasteiger partial charge >= 0.3 is 0 Å². The van der Waals surface area contributed by atoms with Gasteiger partial charge in [-0.3, -0.25) is 9.69 Å². The third kappa shape index (κ3) is 4.90. The number of benzene rings is 2. The molecule has 0 saturated carbocycles. The first-order valence-corrected chi connectivity index (χ1v) is 10.5. The SMILES string of the molecule is COc1cc2c(cc1OC)C(=O)N(CCC1CCN(Cc3ccccc3)CC1)C2.Cl. The molecular formula is C24H31ClN2O3. The van der Waals surface area contributed by atoms with Crippen LogP contribution in [0.2, 0.25) is 0 Å². The molecule has 1 fully saturated rings. The van der Waals surface area contributed by atoms with Gasteiger partial charge in [0.15, 0.2) is 11.5 Å². The van der Waals surface area contributed by atoms with E-state index in [0.29, 0.717) is 24.0 Å². The van der Waals surface area contributed by atoms with Gasteiger partial charge in [-0.1, -0.05) is 30.3 Å². The monoisotopic (exact) mass is 430 g/mol. The lowest BCUT2D eigenvalue weighted by Gasteiger charge is -2.32. The molecule has 1 amide bonds. The highest BCUT2D eigenvalue weighted by molar-refractivity contribution is 5.99. The third-order valence-corrected chi connectivity index (χ3v) is 6.25. The van der Waals surface area contributed by atoms with E-state index in [1.807, 2.05) is 17.0 Å². The van der Waals surface area contributed by atoms with E-state index >= 15 is 0 Å². The van der Waals surface area contributed by atoms with Crippen molar-refractivity contribution in [2.75, 3.05) is 33.9 Å². The number of likely N-dealkylation sites (tertiary alicyclic amines) is 1. The second-order valence-electron chi connectivity index (χ2n) is 8.08. The lowest BCUT2D eigenvalue weighted by atomic mass is 9.93. The molecule has 1 saturated heterocycles. The second-order valence-corrected chi connectivity index (χ2v) is 8.08. The van der Waals surface area contributed by atoms with Crippen LogP contribution in [0.1, 0.15) is 40.7 Å². The molecule has 2 aliphatic rings. The van der Waals surface area contributed by atoms with E-state index in [1.54, 1.807) is 14.2 Å². The average molecular weight is 431 g/mol. The lowest BCUT2D eigenvalue weighted by molar-refractivity contribution is 0.0757. The summed E-state index contributed by atoms with van der Waals surface area (Å²) in [4.78, 5) is 17.3. The van der Waals surface area contributed by atoms with Gasteiger partial charge in [-0.15, -0.1) is 12.4 Å². The van der Waals surface area contributed by atoms with Gasteiger partial charge in [-0.25, -0.2) is 0 Å². The molecule has 0 N–H and O–H groups in total. The molecular weight excluding hydrogens is 400 g/mol. The Morgan fingerprint density at radius 1 is 1.00 bits per heavy atom. The zero-order chi connectivity index (χ0) is 20.2. The Bertz CT molecular complexity index is 851. The summed E-state index contributed by atoms with van der Waals surface area (Å²) in [6, 6.07) is 14.4. The highest BCUT2D eigenvalue weighted by Crippen LogP contribution is 2.35. The molecule has 0 spiro atoms. The van der Waals surface area contributed by atoms with Crippen molar-refractivity contribution in [3.8, 4) is 11.5 Å². The van der Waals surface area contributed by atoms with Crippen molar-refractivity contribution >= 4 is 18.3 Å². The topological polar surface area (TPSA) is 42.0 Å². The maximum absolute atomic E-state index is 12.8. The predicted octanol–water partition coefficient (Wildman–Crippen LogP) is 4.38. The van der Waals surface area contributed by atoms with Crippen LogP contribution in [0.5, 0.6) is 11.5 Å². The summed E-state index contributed by atoms with van der Waals surface area (Å²) in [7, 11) is 3.23. The Kier molecular flexibility index (Phi) is 7.62. The van der Waals surface area contributed by atoms with Crippen molar-refractivity contribution in [3.63, 3.8) is 0 Å². The van der Waals surface area contributed by atoms with E-state index in [9.17, 15) is 4.79 Å². The van der Waals surface area contributed by atoms with Crippen molar-refractivity contribution in [3.05, 3.63) is 59.2 Å². The van der Waals surface area contributed by atoms with Crippen molar-refractivity contribution < 1.29 is 14.3 Å². The number of amides is 1. The van der Waals surface area contributed by atoms with Crippen molar-refractivity contribution in [2.45, 2.75) is 32.4 Å². The number of nitrogens with zero attached hydrogens (tertiary/aromatic N) is 2.